The van der Waals surface area contributed by atoms with Crippen LogP contribution in [0.3, 0.4) is 0 Å². The van der Waals surface area contributed by atoms with Gasteiger partial charge in [0.2, 0.25) is 0 Å². The van der Waals surface area contributed by atoms with Crippen LogP contribution in [0.4, 0.5) is 0 Å². The Kier molecular flexibility index (Phi) is 31.4. The van der Waals surface area contributed by atoms with Crippen LogP contribution in [0.25, 0.3) is 21.5 Å². The number of hydrogen-bond donors (Lipinski definition) is 0. The van der Waals surface area contributed by atoms with E-state index in [1.54, 1.807) is 23.3 Å². The monoisotopic (exact) mass is 590 g/mol. The molecule has 176 valence electrons. The first kappa shape index (κ1) is 42.0. The summed E-state index contributed by atoms with van der Waals surface area (Å²) < 4.78 is -0.179. The number of aryl methyl sites for hydroxylation is 1. The van der Waals surface area contributed by atoms with Crippen molar-refractivity contribution in [2.75, 3.05) is 0 Å². The van der Waals surface area contributed by atoms with Crippen molar-refractivity contribution in [1.82, 2.24) is 0 Å². The van der Waals surface area contributed by atoms with E-state index in [-0.39, 0.29) is 59.0 Å². The van der Waals surface area contributed by atoms with Crippen LogP contribution >= 0.6 is 0 Å². The van der Waals surface area contributed by atoms with Gasteiger partial charge >= 0.3 is 47.3 Å². The third-order valence-corrected chi connectivity index (χ3v) is 4.09. The predicted molar refractivity (Wildman–Crippen MR) is 141 cm³/mol. The Labute approximate surface area is 232 Å². The Morgan fingerprint density at radius 3 is 2.03 bits per heavy atom. The molecule has 0 fully saturated rings. The number of hydrogen-bond acceptors (Lipinski definition) is 0. The molecule has 4 rings (SSSR count). The van der Waals surface area contributed by atoms with Gasteiger partial charge in [-0.1, -0.05) is 61.9 Å². The van der Waals surface area contributed by atoms with E-state index in [0.29, 0.717) is 0 Å². The second-order valence-electron chi connectivity index (χ2n) is 6.09. The van der Waals surface area contributed by atoms with Gasteiger partial charge < -0.3 is 54.5 Å². The molecule has 0 heterocycles. The molecule has 4 aromatic carbocycles. The van der Waals surface area contributed by atoms with Gasteiger partial charge in [0.05, 0.1) is 0 Å². The van der Waals surface area contributed by atoms with E-state index in [2.05, 4.69) is 105 Å². The Morgan fingerprint density at radius 1 is 0.844 bits per heavy atom. The number of fused-ring (bicyclic) bond motifs is 3. The molecule has 0 spiro atoms. The fraction of sp³-hybridized carbons (Fsp3) is 0.154. The molecule has 0 nitrogen and oxygen atoms in total. The fourth-order valence-corrected chi connectivity index (χ4v) is 2.85. The first-order valence-electron chi connectivity index (χ1n) is 8.87. The largest absolute Gasteiger partial charge is 0.168 e. The molecule has 0 aliphatic rings. The Balaban J connectivity index is -0.000000116. The maximum atomic E-state index is 3.37. The van der Waals surface area contributed by atoms with Crippen molar-refractivity contribution < 1.29 is 48.1 Å². The van der Waals surface area contributed by atoms with Gasteiger partial charge in [0, 0.05) is 0 Å². The Morgan fingerprint density at radius 2 is 1.47 bits per heavy atom. The van der Waals surface area contributed by atoms with Crippen molar-refractivity contribution in [2.45, 2.75) is 26.2 Å². The summed E-state index contributed by atoms with van der Waals surface area (Å²) in [6.45, 7) is 2.23. The van der Waals surface area contributed by atoms with Crippen LogP contribution in [0.5, 0.6) is 0 Å². The van der Waals surface area contributed by atoms with Gasteiger partial charge in [-0.3, -0.25) is 0 Å². The van der Waals surface area contributed by atoms with E-state index in [9.17, 15) is 0 Å². The summed E-state index contributed by atoms with van der Waals surface area (Å²) in [5, 5.41) is 5.36. The van der Waals surface area contributed by atoms with E-state index in [1.165, 1.54) is 46.4 Å². The molecule has 0 aromatic heterocycles. The summed E-state index contributed by atoms with van der Waals surface area (Å²) in [6, 6.07) is 27.9. The van der Waals surface area contributed by atoms with Crippen molar-refractivity contribution in [3.63, 3.8) is 0 Å². The molecule has 0 bridgehead atoms. The van der Waals surface area contributed by atoms with Gasteiger partial charge in [-0.15, -0.1) is 22.9 Å². The van der Waals surface area contributed by atoms with Gasteiger partial charge in [-0.2, -0.15) is 35.9 Å². The normalized spacial score (nSPS) is 8.06. The molecule has 0 N–H and O–H groups in total. The van der Waals surface area contributed by atoms with Crippen molar-refractivity contribution in [3.8, 4) is 0 Å². The minimum Gasteiger partial charge on any atom is -0.168 e. The first-order chi connectivity index (χ1) is 12.6. The number of halogens is 2. The van der Waals surface area contributed by atoms with Crippen molar-refractivity contribution in [2.24, 2.45) is 0 Å². The quantitative estimate of drug-likeness (QED) is 0.247. The van der Waals surface area contributed by atoms with Crippen molar-refractivity contribution in [1.29, 1.82) is 0 Å². The minimum atomic E-state index is -0.179. The van der Waals surface area contributed by atoms with Crippen LogP contribution < -0.4 is 24.8 Å². The molecule has 0 saturated heterocycles. The maximum absolute atomic E-state index is 3.37. The van der Waals surface area contributed by atoms with Gasteiger partial charge in [0.25, 0.3) is 0 Å². The molecule has 0 unspecified atom stereocenters. The van der Waals surface area contributed by atoms with Crippen LogP contribution in [0.2, 0.25) is 0 Å². The van der Waals surface area contributed by atoms with Crippen LogP contribution in [-0.4, -0.2) is 24.0 Å². The summed E-state index contributed by atoms with van der Waals surface area (Å²) in [5.74, 6) is 0. The van der Waals surface area contributed by atoms with Gasteiger partial charge in [-0.05, 0) is 5.39 Å². The second-order valence-corrected chi connectivity index (χ2v) is 22.4. The SMILES string of the molecule is CCCCc1cc[cH-]c1.[CH3-].[CH3-].[CH3-].[CH3-].[Cl-].[Cl-].[Si][Si]([Si])=[Zr].c1ccc2c(c1)ccc1[cH-]ccc12. The van der Waals surface area contributed by atoms with E-state index in [0.717, 1.165) is 0 Å². The van der Waals surface area contributed by atoms with E-state index < -0.39 is 0 Å². The maximum Gasteiger partial charge on any atom is -0.0370 e. The number of unbranched alkanes of at least 4 members (excludes halogenated alkanes) is 1. The van der Waals surface area contributed by atoms with Crippen LogP contribution in [0.1, 0.15) is 25.3 Å². The first-order valence-corrected chi connectivity index (χ1v) is 17.1. The van der Waals surface area contributed by atoms with E-state index in [1.807, 2.05) is 0 Å². The molecule has 32 heavy (non-hydrogen) atoms. The van der Waals surface area contributed by atoms with E-state index in [4.69, 9.17) is 0 Å². The zero-order chi connectivity index (χ0) is 18.8. The molecule has 0 aliphatic heterocycles. The van der Waals surface area contributed by atoms with Crippen LogP contribution in [0.15, 0.2) is 78.9 Å². The molecule has 6 radical (unpaired) electrons. The summed E-state index contributed by atoms with van der Waals surface area (Å²) in [7, 11) is 6.73. The molecule has 0 atom stereocenters. The number of rotatable bonds is 3. The molecule has 0 saturated carbocycles. The summed E-state index contributed by atoms with van der Waals surface area (Å²) in [4.78, 5) is 0. The fourth-order valence-electron chi connectivity index (χ4n) is 2.85. The molecule has 6 heteroatoms. The topological polar surface area (TPSA) is 0 Å². The second kappa shape index (κ2) is 23.9. The molecular formula is C26H34Cl2Si3Zr-8. The smallest absolute Gasteiger partial charge is 0.0370 e. The zero-order valence-electron chi connectivity index (χ0n) is 19.9. The van der Waals surface area contributed by atoms with E-state index >= 15 is 0 Å². The van der Waals surface area contributed by atoms with Gasteiger partial charge in [0.15, 0.2) is 0 Å². The molecular weight excluding hydrogens is 559 g/mol. The van der Waals surface area contributed by atoms with Gasteiger partial charge in [-0.25, -0.2) is 6.07 Å². The third-order valence-electron chi connectivity index (χ3n) is 4.09. The van der Waals surface area contributed by atoms with Crippen molar-refractivity contribution >= 4 is 45.5 Å². The molecule has 4 aromatic rings. The number of benzene rings is 2. The predicted octanol–water partition coefficient (Wildman–Crippen LogP) is 1.12. The minimum absolute atomic E-state index is 0. The average Bonchev–Trinajstić information content (AvgIpc) is 3.31. The zero-order valence-corrected chi connectivity index (χ0v) is 26.9. The summed E-state index contributed by atoms with van der Waals surface area (Å²) in [5.41, 5.74) is 1.48. The Bertz CT molecular complexity index is 930. The Hall–Kier alpha value is -0.226. The molecule has 0 amide bonds. The third kappa shape index (κ3) is 14.8. The average molecular weight is 593 g/mol. The summed E-state index contributed by atoms with van der Waals surface area (Å²) in [6.07, 6.45) is 3.87. The van der Waals surface area contributed by atoms with Crippen LogP contribution in [-0.2, 0) is 29.8 Å². The van der Waals surface area contributed by atoms with Gasteiger partial charge in [0.1, 0.15) is 0 Å². The summed E-state index contributed by atoms with van der Waals surface area (Å²) >= 11 is 1.57. The standard InChI is InChI=1S/C13H9.C9H13.4CH3.2ClH.Si3.Zr/c1-2-6-12-10(4-1)8-9-11-5-3-7-13(11)12;1-2-3-6-9-7-4-5-8-9;;;;;;;1-3-2;/h1-9H;4-5,7-8H,2-3,6H2,1H3;4*1H3;2*1H;;/q6*-1;;;;/p-2. The van der Waals surface area contributed by atoms with Crippen LogP contribution in [0, 0.1) is 29.7 Å². The molecule has 0 aliphatic carbocycles. The van der Waals surface area contributed by atoms with Crippen molar-refractivity contribution in [3.05, 3.63) is 114 Å².